The van der Waals surface area contributed by atoms with E-state index in [0.717, 1.165) is 0 Å². The van der Waals surface area contributed by atoms with Crippen LogP contribution in [0, 0.1) is 0 Å². The molecule has 1 nitrogen and oxygen atoms in total. The fourth-order valence-electron chi connectivity index (χ4n) is 4.57. The van der Waals surface area contributed by atoms with Crippen LogP contribution in [0.2, 0.25) is 24.7 Å². The number of hydrogen-bond donors (Lipinski definition) is 0. The van der Waals surface area contributed by atoms with Gasteiger partial charge in [0.05, 0.1) is 0 Å². The fraction of sp³-hybridized carbons (Fsp3) is 0.182. The number of rotatable bonds is 0. The first-order valence-electron chi connectivity index (χ1n) is 8.79. The number of fused-ring (bicyclic) bond motifs is 4. The average molecular weight is 408 g/mol. The Hall–Kier alpha value is -1.80. The first kappa shape index (κ1) is 15.5. The molecule has 3 aromatic carbocycles. The Morgan fingerprint density at radius 2 is 1.28 bits per heavy atom. The van der Waals surface area contributed by atoms with Gasteiger partial charge in [-0.2, -0.15) is 0 Å². The molecule has 2 heterocycles. The molecule has 2 aliphatic heterocycles. The molecule has 0 unspecified atom stereocenters. The summed E-state index contributed by atoms with van der Waals surface area (Å²) in [6.45, 7) is 5.02. The molecule has 0 aliphatic carbocycles. The third-order valence-corrected chi connectivity index (χ3v) is 15.5. The summed E-state index contributed by atoms with van der Waals surface area (Å²) in [7, 11) is -1.69. The van der Waals surface area contributed by atoms with Crippen molar-refractivity contribution in [2.24, 2.45) is 0 Å². The Bertz CT molecular complexity index is 944. The second-order valence-electron chi connectivity index (χ2n) is 7.92. The Balaban J connectivity index is 1.97. The van der Waals surface area contributed by atoms with Crippen molar-refractivity contribution in [3.05, 3.63) is 66.7 Å². The predicted molar refractivity (Wildman–Crippen MR) is 115 cm³/mol. The maximum absolute atomic E-state index is 2.57. The van der Waals surface area contributed by atoms with Gasteiger partial charge in [0.1, 0.15) is 0 Å². The van der Waals surface area contributed by atoms with Crippen LogP contribution < -0.4 is 24.2 Å². The summed E-state index contributed by atoms with van der Waals surface area (Å²) in [6.07, 6.45) is 0. The van der Waals surface area contributed by atoms with Gasteiger partial charge in [-0.15, -0.1) is 0 Å². The molecule has 25 heavy (non-hydrogen) atoms. The number of para-hydroxylation sites is 3. The molecule has 3 aromatic rings. The summed E-state index contributed by atoms with van der Waals surface area (Å²) >= 11 is -1.90. The van der Waals surface area contributed by atoms with Gasteiger partial charge in [-0.1, -0.05) is 0 Å². The zero-order valence-corrected chi connectivity index (χ0v) is 17.9. The number of nitrogens with zero attached hydrogens (tertiary/aromatic N) is 1. The maximum atomic E-state index is 2.57. The van der Waals surface area contributed by atoms with E-state index in [0.29, 0.717) is 0 Å². The summed E-state index contributed by atoms with van der Waals surface area (Å²) in [5, 5.41) is 3.15. The van der Waals surface area contributed by atoms with E-state index < -0.39 is 20.9 Å². The van der Waals surface area contributed by atoms with Crippen LogP contribution in [0.4, 0.5) is 17.1 Å². The number of benzene rings is 3. The Morgan fingerprint density at radius 3 is 2.08 bits per heavy atom. The summed E-state index contributed by atoms with van der Waals surface area (Å²) in [6, 6.07) is 25.3. The fourth-order valence-corrected chi connectivity index (χ4v) is 12.9. The molecule has 3 heteroatoms. The number of anilines is 3. The van der Waals surface area contributed by atoms with Gasteiger partial charge in [0.2, 0.25) is 0 Å². The predicted octanol–water partition coefficient (Wildman–Crippen LogP) is 3.43. The second kappa shape index (κ2) is 4.88. The molecule has 0 atom stereocenters. The van der Waals surface area contributed by atoms with Crippen LogP contribution in [0.25, 0.3) is 0 Å². The van der Waals surface area contributed by atoms with E-state index in [4.69, 9.17) is 0 Å². The van der Waals surface area contributed by atoms with Gasteiger partial charge >= 0.3 is 154 Å². The van der Waals surface area contributed by atoms with Crippen LogP contribution in [0.5, 0.6) is 0 Å². The third kappa shape index (κ3) is 1.84. The molecule has 0 radical (unpaired) electrons. The molecule has 0 N–H and O–H groups in total. The van der Waals surface area contributed by atoms with E-state index in [1.807, 2.05) is 0 Å². The molecule has 0 bridgehead atoms. The van der Waals surface area contributed by atoms with Gasteiger partial charge in [-0.3, -0.25) is 0 Å². The van der Waals surface area contributed by atoms with Crippen molar-refractivity contribution in [1.29, 1.82) is 0 Å². The molecule has 5 rings (SSSR count). The van der Waals surface area contributed by atoms with E-state index in [1.165, 1.54) is 17.1 Å². The topological polar surface area (TPSA) is 3.24 Å². The van der Waals surface area contributed by atoms with Gasteiger partial charge < -0.3 is 0 Å². The van der Waals surface area contributed by atoms with Crippen molar-refractivity contribution in [2.75, 3.05) is 4.90 Å². The van der Waals surface area contributed by atoms with Crippen molar-refractivity contribution in [1.82, 2.24) is 0 Å². The van der Waals surface area contributed by atoms with E-state index in [2.05, 4.69) is 96.4 Å². The SMILES string of the molecule is C[Si]1(C)c2ccccc2N2c3ccccc3[Se](C)(C)c3cccc1c32. The molecule has 0 spiro atoms. The Kier molecular flexibility index (Phi) is 3.02. The monoisotopic (exact) mass is 409 g/mol. The molecular weight excluding hydrogens is 385 g/mol. The standard InChI is InChI=1S/C22H23NSeSi/c1-24(2)18-12-7-5-10-16(18)23-17-11-6-8-14-20(17)25(3,4)21-15-9-13-19(24)22(21)23/h5-15H,1-4H3. The van der Waals surface area contributed by atoms with Crippen molar-refractivity contribution in [2.45, 2.75) is 24.7 Å². The molecule has 0 saturated heterocycles. The molecule has 0 saturated carbocycles. The van der Waals surface area contributed by atoms with Gasteiger partial charge in [0, 0.05) is 0 Å². The zero-order chi connectivity index (χ0) is 17.4. The molecular formula is C22H23NSeSi. The van der Waals surface area contributed by atoms with E-state index in [-0.39, 0.29) is 0 Å². The molecule has 0 fully saturated rings. The van der Waals surface area contributed by atoms with E-state index >= 15 is 0 Å². The summed E-state index contributed by atoms with van der Waals surface area (Å²) < 4.78 is 3.18. The average Bonchev–Trinajstić information content (AvgIpc) is 2.61. The molecule has 126 valence electrons. The molecule has 0 aromatic heterocycles. The number of hydrogen-bond acceptors (Lipinski definition) is 1. The van der Waals surface area contributed by atoms with Crippen LogP contribution in [0.1, 0.15) is 0 Å². The van der Waals surface area contributed by atoms with Gasteiger partial charge in [-0.05, 0) is 0 Å². The summed E-state index contributed by atoms with van der Waals surface area (Å²) in [5.41, 5.74) is 4.32. The van der Waals surface area contributed by atoms with Crippen molar-refractivity contribution >= 4 is 57.3 Å². The molecule has 0 amide bonds. The van der Waals surface area contributed by atoms with E-state index in [1.54, 1.807) is 19.3 Å². The first-order chi connectivity index (χ1) is 11.9. The van der Waals surface area contributed by atoms with Crippen LogP contribution in [-0.4, -0.2) is 20.9 Å². The first-order valence-corrected chi connectivity index (χ1v) is 16.9. The van der Waals surface area contributed by atoms with Crippen LogP contribution >= 0.6 is 0 Å². The normalized spacial score (nSPS) is 19.4. The van der Waals surface area contributed by atoms with Crippen molar-refractivity contribution in [3.8, 4) is 0 Å². The van der Waals surface area contributed by atoms with Gasteiger partial charge in [0.25, 0.3) is 0 Å². The Morgan fingerprint density at radius 1 is 0.680 bits per heavy atom. The quantitative estimate of drug-likeness (QED) is 0.515. The summed E-state index contributed by atoms with van der Waals surface area (Å²) in [4.78, 5) is 2.57. The van der Waals surface area contributed by atoms with Crippen LogP contribution in [-0.2, 0) is 0 Å². The van der Waals surface area contributed by atoms with Crippen molar-refractivity contribution in [3.63, 3.8) is 0 Å². The van der Waals surface area contributed by atoms with Crippen molar-refractivity contribution < 1.29 is 0 Å². The van der Waals surface area contributed by atoms with E-state index in [9.17, 15) is 0 Å². The summed E-state index contributed by atoms with van der Waals surface area (Å²) in [5.74, 6) is 5.05. The Labute approximate surface area is 153 Å². The molecule has 2 aliphatic rings. The second-order valence-corrected chi connectivity index (χ2v) is 19.7. The minimum atomic E-state index is -1.90. The third-order valence-electron chi connectivity index (χ3n) is 5.92. The minimum absolute atomic E-state index is 1.40. The zero-order valence-electron chi connectivity index (χ0n) is 15.2. The van der Waals surface area contributed by atoms with Crippen LogP contribution in [0.3, 0.4) is 0 Å². The van der Waals surface area contributed by atoms with Gasteiger partial charge in [0.15, 0.2) is 0 Å². The van der Waals surface area contributed by atoms with Crippen LogP contribution in [0.15, 0.2) is 66.7 Å². The van der Waals surface area contributed by atoms with Gasteiger partial charge in [-0.25, -0.2) is 0 Å².